The van der Waals surface area contributed by atoms with Crippen molar-refractivity contribution in [3.8, 4) is 0 Å². The highest BCUT2D eigenvalue weighted by molar-refractivity contribution is 5.83. The molecule has 1 aliphatic heterocycles. The summed E-state index contributed by atoms with van der Waals surface area (Å²) in [6.45, 7) is 9.48. The molecule has 1 unspecified atom stereocenters. The van der Waals surface area contributed by atoms with Crippen LogP contribution in [0.1, 0.15) is 47.0 Å². The van der Waals surface area contributed by atoms with Crippen molar-refractivity contribution < 1.29 is 19.5 Å². The van der Waals surface area contributed by atoms with E-state index in [1.165, 1.54) is 0 Å². The number of piperidine rings is 1. The van der Waals surface area contributed by atoms with Gasteiger partial charge >= 0.3 is 12.0 Å². The molecule has 24 heavy (non-hydrogen) atoms. The number of carbonyl (C=O) groups excluding carboxylic acids is 2. The van der Waals surface area contributed by atoms with Crippen LogP contribution in [0.2, 0.25) is 0 Å². The summed E-state index contributed by atoms with van der Waals surface area (Å²) in [7, 11) is 0. The topological polar surface area (TPSA) is 98.7 Å². The van der Waals surface area contributed by atoms with Gasteiger partial charge in [0.15, 0.2) is 0 Å². The largest absolute Gasteiger partial charge is 0.480 e. The summed E-state index contributed by atoms with van der Waals surface area (Å²) >= 11 is 0. The van der Waals surface area contributed by atoms with E-state index >= 15 is 0 Å². The molecule has 0 bridgehead atoms. The second-order valence-electron chi connectivity index (χ2n) is 7.37. The zero-order chi connectivity index (χ0) is 18.3. The maximum Gasteiger partial charge on any atom is 0.326 e. The number of carbonyl (C=O) groups is 3. The maximum atomic E-state index is 12.1. The normalized spacial score (nSPS) is 19.2. The molecule has 1 aliphatic rings. The molecular weight excluding hydrogens is 310 g/mol. The van der Waals surface area contributed by atoms with Crippen molar-refractivity contribution >= 4 is 17.9 Å². The zero-order valence-electron chi connectivity index (χ0n) is 15.2. The molecule has 0 spiro atoms. The lowest BCUT2D eigenvalue weighted by Gasteiger charge is -2.33. The molecule has 0 aliphatic carbocycles. The smallest absolute Gasteiger partial charge is 0.326 e. The number of amides is 3. The van der Waals surface area contributed by atoms with Gasteiger partial charge in [0.25, 0.3) is 0 Å². The molecule has 3 N–H and O–H groups in total. The Morgan fingerprint density at radius 1 is 1.21 bits per heavy atom. The van der Waals surface area contributed by atoms with E-state index in [4.69, 9.17) is 5.11 Å². The van der Waals surface area contributed by atoms with Crippen LogP contribution in [0.25, 0.3) is 0 Å². The molecule has 3 amide bonds. The number of nitrogens with zero attached hydrogens (tertiary/aromatic N) is 1. The minimum Gasteiger partial charge on any atom is -0.480 e. The van der Waals surface area contributed by atoms with E-state index in [0.29, 0.717) is 25.6 Å². The van der Waals surface area contributed by atoms with Gasteiger partial charge in [-0.15, -0.1) is 0 Å². The molecule has 0 aromatic carbocycles. The number of aliphatic carboxylic acids is 1. The summed E-state index contributed by atoms with van der Waals surface area (Å²) < 4.78 is 0. The SMILES string of the molecule is CC(C)CNC(=O)N1CCCC(CC(=O)N[C@@H](C(=O)O)C(C)C)C1. The van der Waals surface area contributed by atoms with Crippen molar-refractivity contribution in [2.24, 2.45) is 17.8 Å². The van der Waals surface area contributed by atoms with Crippen molar-refractivity contribution in [3.05, 3.63) is 0 Å². The van der Waals surface area contributed by atoms with Crippen LogP contribution < -0.4 is 10.6 Å². The van der Waals surface area contributed by atoms with Crippen LogP contribution in [0.4, 0.5) is 4.79 Å². The monoisotopic (exact) mass is 341 g/mol. The zero-order valence-corrected chi connectivity index (χ0v) is 15.2. The summed E-state index contributed by atoms with van der Waals surface area (Å²) in [5, 5.41) is 14.6. The van der Waals surface area contributed by atoms with Gasteiger partial charge in [-0.1, -0.05) is 27.7 Å². The van der Waals surface area contributed by atoms with Gasteiger partial charge in [-0.05, 0) is 30.6 Å². The predicted octanol–water partition coefficient (Wildman–Crippen LogP) is 1.68. The van der Waals surface area contributed by atoms with Crippen molar-refractivity contribution in [2.45, 2.75) is 53.0 Å². The maximum absolute atomic E-state index is 12.1. The molecule has 1 fully saturated rings. The second kappa shape index (κ2) is 9.49. The van der Waals surface area contributed by atoms with Crippen LogP contribution in [0, 0.1) is 17.8 Å². The van der Waals surface area contributed by atoms with Crippen molar-refractivity contribution in [1.29, 1.82) is 0 Å². The van der Waals surface area contributed by atoms with E-state index in [1.54, 1.807) is 18.7 Å². The third kappa shape index (κ3) is 6.76. The number of hydrogen-bond acceptors (Lipinski definition) is 3. The average Bonchev–Trinajstić information content (AvgIpc) is 2.49. The van der Waals surface area contributed by atoms with Crippen LogP contribution in [-0.4, -0.2) is 53.6 Å². The number of urea groups is 1. The molecule has 0 radical (unpaired) electrons. The molecule has 7 nitrogen and oxygen atoms in total. The van der Waals surface area contributed by atoms with Crippen molar-refractivity contribution in [3.63, 3.8) is 0 Å². The van der Waals surface area contributed by atoms with Gasteiger partial charge in [0, 0.05) is 26.1 Å². The van der Waals surface area contributed by atoms with Crippen LogP contribution in [0.15, 0.2) is 0 Å². The summed E-state index contributed by atoms with van der Waals surface area (Å²) in [4.78, 5) is 37.2. The molecule has 138 valence electrons. The number of hydrogen-bond donors (Lipinski definition) is 3. The van der Waals surface area contributed by atoms with Gasteiger partial charge in [-0.2, -0.15) is 0 Å². The van der Waals surface area contributed by atoms with Gasteiger partial charge in [0.05, 0.1) is 0 Å². The lowest BCUT2D eigenvalue weighted by molar-refractivity contribution is -0.143. The fourth-order valence-electron chi connectivity index (χ4n) is 2.83. The van der Waals surface area contributed by atoms with Gasteiger partial charge in [0.2, 0.25) is 5.91 Å². The molecular formula is C17H31N3O4. The average molecular weight is 341 g/mol. The van der Waals surface area contributed by atoms with Crippen LogP contribution in [-0.2, 0) is 9.59 Å². The second-order valence-corrected chi connectivity index (χ2v) is 7.37. The molecule has 1 heterocycles. The predicted molar refractivity (Wildman–Crippen MR) is 91.6 cm³/mol. The molecule has 0 aromatic rings. The molecule has 1 saturated heterocycles. The Labute approximate surface area is 144 Å². The molecule has 0 aromatic heterocycles. The Bertz CT molecular complexity index is 451. The first-order valence-electron chi connectivity index (χ1n) is 8.75. The number of carboxylic acid groups (broad SMARTS) is 1. The number of carboxylic acids is 1. The van der Waals surface area contributed by atoms with Gasteiger partial charge in [0.1, 0.15) is 6.04 Å². The number of likely N-dealkylation sites (tertiary alicyclic amines) is 1. The van der Waals surface area contributed by atoms with Crippen LogP contribution >= 0.6 is 0 Å². The Morgan fingerprint density at radius 3 is 2.42 bits per heavy atom. The fourth-order valence-corrected chi connectivity index (χ4v) is 2.83. The van der Waals surface area contributed by atoms with E-state index in [2.05, 4.69) is 10.6 Å². The Hall–Kier alpha value is -1.79. The Morgan fingerprint density at radius 2 is 1.88 bits per heavy atom. The lowest BCUT2D eigenvalue weighted by Crippen LogP contribution is -2.48. The molecule has 1 rings (SSSR count). The lowest BCUT2D eigenvalue weighted by atomic mass is 9.94. The minimum atomic E-state index is -1.02. The van der Waals surface area contributed by atoms with Crippen molar-refractivity contribution in [1.82, 2.24) is 15.5 Å². The van der Waals surface area contributed by atoms with Crippen molar-refractivity contribution in [2.75, 3.05) is 19.6 Å². The first-order chi connectivity index (χ1) is 11.2. The van der Waals surface area contributed by atoms with Gasteiger partial charge in [-0.25, -0.2) is 9.59 Å². The highest BCUT2D eigenvalue weighted by Gasteiger charge is 2.28. The Balaban J connectivity index is 2.48. The first kappa shape index (κ1) is 20.3. The standard InChI is InChI=1S/C17H31N3O4/c1-11(2)9-18-17(24)20-7-5-6-13(10-20)8-14(21)19-15(12(3)4)16(22)23/h11-13,15H,5-10H2,1-4H3,(H,18,24)(H,19,21)(H,22,23)/t13?,15-/m1/s1. The van der Waals surface area contributed by atoms with Gasteiger partial charge in [-0.3, -0.25) is 4.79 Å². The van der Waals surface area contributed by atoms with E-state index in [0.717, 1.165) is 12.8 Å². The molecule has 2 atom stereocenters. The summed E-state index contributed by atoms with van der Waals surface area (Å²) in [5.74, 6) is -0.979. The molecule has 0 saturated carbocycles. The van der Waals surface area contributed by atoms with E-state index in [1.807, 2.05) is 13.8 Å². The highest BCUT2D eigenvalue weighted by Crippen LogP contribution is 2.20. The quantitative estimate of drug-likeness (QED) is 0.656. The van der Waals surface area contributed by atoms with Crippen LogP contribution in [0.5, 0.6) is 0 Å². The minimum absolute atomic E-state index is 0.0742. The van der Waals surface area contributed by atoms with Crippen LogP contribution in [0.3, 0.4) is 0 Å². The Kier molecular flexibility index (Phi) is 8.01. The third-order valence-electron chi connectivity index (χ3n) is 4.19. The van der Waals surface area contributed by atoms with E-state index in [9.17, 15) is 14.4 Å². The fraction of sp³-hybridized carbons (Fsp3) is 0.824. The summed E-state index contributed by atoms with van der Waals surface area (Å²) in [6, 6.07) is -0.953. The summed E-state index contributed by atoms with van der Waals surface area (Å²) in [6.07, 6.45) is 1.99. The van der Waals surface area contributed by atoms with E-state index in [-0.39, 0.29) is 30.2 Å². The third-order valence-corrected chi connectivity index (χ3v) is 4.19. The van der Waals surface area contributed by atoms with Gasteiger partial charge < -0.3 is 20.6 Å². The molecule has 7 heteroatoms. The number of nitrogens with one attached hydrogen (secondary N) is 2. The highest BCUT2D eigenvalue weighted by atomic mass is 16.4. The first-order valence-corrected chi connectivity index (χ1v) is 8.75. The number of rotatable bonds is 7. The summed E-state index contributed by atoms with van der Waals surface area (Å²) in [5.41, 5.74) is 0. The van der Waals surface area contributed by atoms with E-state index < -0.39 is 12.0 Å².